The van der Waals surface area contributed by atoms with Gasteiger partial charge in [-0.3, -0.25) is 0 Å². The average molecular weight is 278 g/mol. The Morgan fingerprint density at radius 1 is 1.36 bits per heavy atom. The van der Waals surface area contributed by atoms with Crippen LogP contribution in [0.1, 0.15) is 5.56 Å². The van der Waals surface area contributed by atoms with E-state index >= 15 is 0 Å². The fourth-order valence-corrected chi connectivity index (χ4v) is 1.17. The number of benzene rings is 1. The molecule has 0 unspecified atom stereocenters. The maximum Gasteiger partial charge on any atom is 0.211 e. The number of nitrogens with two attached hydrogens (primary N) is 2. The normalized spacial score (nSPS) is 9.50. The Bertz CT molecular complexity index is 347. The summed E-state index contributed by atoms with van der Waals surface area (Å²) in [6.45, 7) is 0. The van der Waals surface area contributed by atoms with Gasteiger partial charge < -0.3 is 11.5 Å². The van der Waals surface area contributed by atoms with E-state index < -0.39 is 0 Å². The van der Waals surface area contributed by atoms with Crippen molar-refractivity contribution in [2.75, 3.05) is 0 Å². The van der Waals surface area contributed by atoms with Gasteiger partial charge in [0, 0.05) is 4.47 Å². The summed E-state index contributed by atoms with van der Waals surface area (Å²) >= 11 is 3.34. The molecule has 0 heterocycles. The molecule has 0 spiro atoms. The topological polar surface area (TPSA) is 76.8 Å². The minimum atomic E-state index is -0.0498. The SMILES string of the molecule is Cl.NC(N)=N/N=C/c1cccc(Br)c1. The largest absolute Gasteiger partial charge is 0.369 e. The van der Waals surface area contributed by atoms with Crippen LogP contribution in [-0.2, 0) is 0 Å². The summed E-state index contributed by atoms with van der Waals surface area (Å²) in [4.78, 5) is 0. The first-order valence-electron chi connectivity index (χ1n) is 3.56. The molecule has 76 valence electrons. The first-order chi connectivity index (χ1) is 6.18. The lowest BCUT2D eigenvalue weighted by Crippen LogP contribution is -2.21. The third-order valence-electron chi connectivity index (χ3n) is 1.23. The van der Waals surface area contributed by atoms with Crippen molar-refractivity contribution in [2.24, 2.45) is 21.7 Å². The zero-order chi connectivity index (χ0) is 9.68. The van der Waals surface area contributed by atoms with Crippen LogP contribution in [0.25, 0.3) is 0 Å². The van der Waals surface area contributed by atoms with E-state index in [0.717, 1.165) is 10.0 Å². The molecule has 0 aliphatic heterocycles. The minimum absolute atomic E-state index is 0. The number of hydrogen-bond donors (Lipinski definition) is 2. The Kier molecular flexibility index (Phi) is 5.91. The van der Waals surface area contributed by atoms with Gasteiger partial charge in [0.15, 0.2) is 0 Å². The van der Waals surface area contributed by atoms with Gasteiger partial charge in [0.25, 0.3) is 0 Å². The lowest BCUT2D eigenvalue weighted by Gasteiger charge is -1.91. The third-order valence-corrected chi connectivity index (χ3v) is 1.72. The zero-order valence-corrected chi connectivity index (χ0v) is 9.62. The molecule has 6 heteroatoms. The summed E-state index contributed by atoms with van der Waals surface area (Å²) in [5, 5.41) is 7.15. The Labute approximate surface area is 96.6 Å². The Balaban J connectivity index is 0.00000169. The zero-order valence-electron chi connectivity index (χ0n) is 7.22. The van der Waals surface area contributed by atoms with Crippen LogP contribution in [0.2, 0.25) is 0 Å². The number of rotatable bonds is 2. The summed E-state index contributed by atoms with van der Waals surface area (Å²) in [6.07, 6.45) is 1.57. The maximum absolute atomic E-state index is 5.09. The molecule has 4 nitrogen and oxygen atoms in total. The smallest absolute Gasteiger partial charge is 0.211 e. The molecule has 0 aliphatic carbocycles. The molecule has 0 aliphatic rings. The van der Waals surface area contributed by atoms with Gasteiger partial charge in [0.1, 0.15) is 0 Å². The van der Waals surface area contributed by atoms with Gasteiger partial charge in [0.05, 0.1) is 6.21 Å². The third kappa shape index (κ3) is 4.84. The molecule has 1 rings (SSSR count). The summed E-state index contributed by atoms with van der Waals surface area (Å²) in [5.41, 5.74) is 11.1. The molecule has 0 atom stereocenters. The van der Waals surface area contributed by atoms with Crippen molar-refractivity contribution in [1.29, 1.82) is 0 Å². The molecule has 0 bridgehead atoms. The fraction of sp³-hybridized carbons (Fsp3) is 0. The molecular weight excluding hydrogens is 267 g/mol. The first kappa shape index (κ1) is 12.9. The summed E-state index contributed by atoms with van der Waals surface area (Å²) in [6, 6.07) is 7.64. The molecule has 4 N–H and O–H groups in total. The molecular formula is C8H10BrClN4. The van der Waals surface area contributed by atoms with Gasteiger partial charge in [-0.25, -0.2) is 0 Å². The van der Waals surface area contributed by atoms with Gasteiger partial charge in [0.2, 0.25) is 5.96 Å². The van der Waals surface area contributed by atoms with Crippen LogP contribution >= 0.6 is 28.3 Å². The van der Waals surface area contributed by atoms with E-state index in [4.69, 9.17) is 11.5 Å². The van der Waals surface area contributed by atoms with Crippen LogP contribution in [0.5, 0.6) is 0 Å². The van der Waals surface area contributed by atoms with E-state index in [2.05, 4.69) is 26.1 Å². The van der Waals surface area contributed by atoms with Gasteiger partial charge in [-0.1, -0.05) is 28.1 Å². The molecule has 0 saturated carbocycles. The van der Waals surface area contributed by atoms with Crippen molar-refractivity contribution < 1.29 is 0 Å². The highest BCUT2D eigenvalue weighted by molar-refractivity contribution is 9.10. The molecule has 1 aromatic carbocycles. The second-order valence-corrected chi connectivity index (χ2v) is 3.24. The molecule has 0 amide bonds. The Morgan fingerprint density at radius 3 is 2.64 bits per heavy atom. The van der Waals surface area contributed by atoms with Crippen molar-refractivity contribution in [3.8, 4) is 0 Å². The lowest BCUT2D eigenvalue weighted by molar-refractivity contribution is 1.21. The minimum Gasteiger partial charge on any atom is -0.369 e. The second kappa shape index (κ2) is 6.39. The van der Waals surface area contributed by atoms with Crippen molar-refractivity contribution >= 4 is 40.5 Å². The lowest BCUT2D eigenvalue weighted by atomic mass is 10.2. The summed E-state index contributed by atoms with van der Waals surface area (Å²) in [5.74, 6) is -0.0498. The van der Waals surface area contributed by atoms with E-state index in [1.165, 1.54) is 0 Å². The van der Waals surface area contributed by atoms with Crippen LogP contribution < -0.4 is 11.5 Å². The maximum atomic E-state index is 5.09. The number of halogens is 2. The molecule has 1 aromatic rings. The van der Waals surface area contributed by atoms with E-state index in [0.29, 0.717) is 0 Å². The number of guanidine groups is 1. The number of hydrogen-bond acceptors (Lipinski definition) is 2. The predicted molar refractivity (Wildman–Crippen MR) is 64.8 cm³/mol. The molecule has 0 radical (unpaired) electrons. The quantitative estimate of drug-likeness (QED) is 0.488. The molecule has 0 fully saturated rings. The first-order valence-corrected chi connectivity index (χ1v) is 4.35. The Hall–Kier alpha value is -1.07. The van der Waals surface area contributed by atoms with E-state index in [1.807, 2.05) is 24.3 Å². The van der Waals surface area contributed by atoms with Crippen molar-refractivity contribution in [2.45, 2.75) is 0 Å². The van der Waals surface area contributed by atoms with Crippen LogP contribution in [0.3, 0.4) is 0 Å². The summed E-state index contributed by atoms with van der Waals surface area (Å²) in [7, 11) is 0. The average Bonchev–Trinajstić information content (AvgIpc) is 2.03. The van der Waals surface area contributed by atoms with Crippen LogP contribution in [0.4, 0.5) is 0 Å². The second-order valence-electron chi connectivity index (χ2n) is 2.32. The van der Waals surface area contributed by atoms with E-state index in [9.17, 15) is 0 Å². The van der Waals surface area contributed by atoms with Crippen LogP contribution in [-0.4, -0.2) is 12.2 Å². The van der Waals surface area contributed by atoms with Gasteiger partial charge in [-0.05, 0) is 17.7 Å². The van der Waals surface area contributed by atoms with E-state index in [-0.39, 0.29) is 18.4 Å². The fourth-order valence-electron chi connectivity index (χ4n) is 0.749. The van der Waals surface area contributed by atoms with Crippen molar-refractivity contribution in [3.63, 3.8) is 0 Å². The van der Waals surface area contributed by atoms with Crippen molar-refractivity contribution in [1.82, 2.24) is 0 Å². The highest BCUT2D eigenvalue weighted by Gasteiger charge is 1.88. The van der Waals surface area contributed by atoms with Crippen LogP contribution in [0.15, 0.2) is 38.9 Å². The van der Waals surface area contributed by atoms with Gasteiger partial charge in [-0.15, -0.1) is 17.5 Å². The predicted octanol–water partition coefficient (Wildman–Crippen LogP) is 1.48. The highest BCUT2D eigenvalue weighted by atomic mass is 79.9. The van der Waals surface area contributed by atoms with Gasteiger partial charge >= 0.3 is 0 Å². The van der Waals surface area contributed by atoms with E-state index in [1.54, 1.807) is 6.21 Å². The highest BCUT2D eigenvalue weighted by Crippen LogP contribution is 2.09. The summed E-state index contributed by atoms with van der Waals surface area (Å²) < 4.78 is 0.987. The van der Waals surface area contributed by atoms with Crippen molar-refractivity contribution in [3.05, 3.63) is 34.3 Å². The molecule has 0 saturated heterocycles. The number of nitrogens with zero attached hydrogens (tertiary/aromatic N) is 2. The van der Waals surface area contributed by atoms with Crippen LogP contribution in [0, 0.1) is 0 Å². The molecule has 14 heavy (non-hydrogen) atoms. The molecule has 0 aromatic heterocycles. The van der Waals surface area contributed by atoms with Gasteiger partial charge in [-0.2, -0.15) is 5.10 Å². The monoisotopic (exact) mass is 276 g/mol. The standard InChI is InChI=1S/C8H9BrN4.ClH/c9-7-3-1-2-6(4-7)5-12-13-8(10)11;/h1-5H,(H4,10,11,13);1H/b12-5+;. The Morgan fingerprint density at radius 2 is 2.07 bits per heavy atom.